The minimum atomic E-state index is -3.77. The van der Waals surface area contributed by atoms with Crippen LogP contribution in [0.4, 0.5) is 11.4 Å². The van der Waals surface area contributed by atoms with Crippen molar-refractivity contribution >= 4 is 50.8 Å². The molecule has 2 aromatic carbocycles. The van der Waals surface area contributed by atoms with Gasteiger partial charge in [0.15, 0.2) is 9.84 Å². The van der Waals surface area contributed by atoms with Crippen LogP contribution in [0.5, 0.6) is 0 Å². The van der Waals surface area contributed by atoms with Gasteiger partial charge in [0.25, 0.3) is 0 Å². The molecule has 0 radical (unpaired) electrons. The van der Waals surface area contributed by atoms with Gasteiger partial charge in [-0.25, -0.2) is 13.2 Å². The van der Waals surface area contributed by atoms with Crippen LogP contribution in [0.2, 0.25) is 0 Å². The van der Waals surface area contributed by atoms with Crippen LogP contribution in [-0.2, 0) is 24.2 Å². The summed E-state index contributed by atoms with van der Waals surface area (Å²) in [7, 11) is -2.49. The fraction of sp³-hybridized carbons (Fsp3) is 0.286. The van der Waals surface area contributed by atoms with E-state index in [0.29, 0.717) is 16.9 Å². The Morgan fingerprint density at radius 1 is 1.19 bits per heavy atom. The number of ether oxygens (including phenoxy) is 1. The summed E-state index contributed by atoms with van der Waals surface area (Å²) in [6, 6.07) is 10.7. The molecule has 0 fully saturated rings. The Bertz CT molecular complexity index is 1130. The van der Waals surface area contributed by atoms with E-state index in [1.54, 1.807) is 13.0 Å². The summed E-state index contributed by atoms with van der Waals surface area (Å²) in [4.78, 5) is 36.7. The largest absolute Gasteiger partial charge is 0.465 e. The van der Waals surface area contributed by atoms with Gasteiger partial charge in [-0.15, -0.1) is 11.8 Å². The summed E-state index contributed by atoms with van der Waals surface area (Å²) in [6.07, 6.45) is 0. The van der Waals surface area contributed by atoms with Gasteiger partial charge in [0.2, 0.25) is 11.8 Å². The van der Waals surface area contributed by atoms with Crippen LogP contribution < -0.4 is 10.6 Å². The van der Waals surface area contributed by atoms with Gasteiger partial charge in [-0.1, -0.05) is 6.92 Å². The number of rotatable bonds is 6. The lowest BCUT2D eigenvalue weighted by atomic mass is 10.1. The molecule has 0 aromatic heterocycles. The Hall–Kier alpha value is -2.85. The van der Waals surface area contributed by atoms with Crippen LogP contribution >= 0.6 is 11.8 Å². The van der Waals surface area contributed by atoms with Crippen molar-refractivity contribution in [1.82, 2.24) is 0 Å². The van der Waals surface area contributed by atoms with E-state index in [9.17, 15) is 22.8 Å². The molecule has 10 heteroatoms. The Labute approximate surface area is 184 Å². The lowest BCUT2D eigenvalue weighted by Crippen LogP contribution is -2.28. The number of fused-ring (bicyclic) bond motifs is 1. The average molecular weight is 463 g/mol. The summed E-state index contributed by atoms with van der Waals surface area (Å²) >= 11 is 1.36. The van der Waals surface area contributed by atoms with Crippen molar-refractivity contribution in [2.75, 3.05) is 23.5 Å². The molecule has 2 amide bonds. The molecule has 0 saturated carbocycles. The van der Waals surface area contributed by atoms with Gasteiger partial charge < -0.3 is 15.4 Å². The highest BCUT2D eigenvalue weighted by atomic mass is 32.2. The van der Waals surface area contributed by atoms with E-state index in [4.69, 9.17) is 0 Å². The number of hydrogen-bond acceptors (Lipinski definition) is 7. The molecule has 8 nitrogen and oxygen atoms in total. The fourth-order valence-electron chi connectivity index (χ4n) is 2.96. The van der Waals surface area contributed by atoms with Crippen LogP contribution in [0.1, 0.15) is 24.2 Å². The molecule has 0 aliphatic carbocycles. The van der Waals surface area contributed by atoms with Crippen LogP contribution in [0.25, 0.3) is 0 Å². The fourth-order valence-corrected chi connectivity index (χ4v) is 5.46. The first-order chi connectivity index (χ1) is 14.6. The number of benzene rings is 2. The van der Waals surface area contributed by atoms with Gasteiger partial charge in [-0.05, 0) is 49.4 Å². The molecule has 1 aliphatic rings. The van der Waals surface area contributed by atoms with Gasteiger partial charge in [-0.3, -0.25) is 9.59 Å². The van der Waals surface area contributed by atoms with Crippen molar-refractivity contribution in [3.8, 4) is 0 Å². The van der Waals surface area contributed by atoms with Crippen LogP contribution in [0, 0.1) is 5.92 Å². The van der Waals surface area contributed by atoms with E-state index in [0.717, 1.165) is 4.90 Å². The molecule has 0 unspecified atom stereocenters. The number of sulfone groups is 1. The molecule has 0 bridgehead atoms. The number of thioether (sulfide) groups is 1. The molecule has 1 heterocycles. The van der Waals surface area contributed by atoms with E-state index in [2.05, 4.69) is 15.4 Å². The van der Waals surface area contributed by atoms with Gasteiger partial charge in [0.1, 0.15) is 0 Å². The molecule has 2 aromatic rings. The summed E-state index contributed by atoms with van der Waals surface area (Å²) in [5, 5.41) is 5.11. The Kier molecular flexibility index (Phi) is 6.71. The number of nitrogens with one attached hydrogen (secondary N) is 2. The van der Waals surface area contributed by atoms with Gasteiger partial charge in [0, 0.05) is 16.5 Å². The molecular formula is C21H22N2O6S2. The minimum absolute atomic E-state index is 0.0452. The molecule has 3 rings (SSSR count). The predicted molar refractivity (Wildman–Crippen MR) is 118 cm³/mol. The van der Waals surface area contributed by atoms with Crippen molar-refractivity contribution in [2.24, 2.45) is 5.92 Å². The number of carbonyl (C=O) groups excluding carboxylic acids is 3. The van der Waals surface area contributed by atoms with Crippen LogP contribution in [-0.4, -0.2) is 44.3 Å². The van der Waals surface area contributed by atoms with Gasteiger partial charge in [0.05, 0.1) is 34.3 Å². The monoisotopic (exact) mass is 462 g/mol. The maximum absolute atomic E-state index is 12.8. The van der Waals surface area contributed by atoms with E-state index in [-0.39, 0.29) is 16.1 Å². The third-order valence-electron chi connectivity index (χ3n) is 4.73. The zero-order valence-corrected chi connectivity index (χ0v) is 18.8. The van der Waals surface area contributed by atoms with Crippen molar-refractivity contribution in [1.29, 1.82) is 0 Å². The second-order valence-electron chi connectivity index (χ2n) is 7.15. The van der Waals surface area contributed by atoms with E-state index in [1.165, 1.54) is 62.2 Å². The average Bonchev–Trinajstić information content (AvgIpc) is 2.73. The number of methoxy groups -OCH3 is 1. The smallest absolute Gasteiger partial charge is 0.337 e. The zero-order valence-electron chi connectivity index (χ0n) is 17.2. The molecule has 164 valence electrons. The number of esters is 1. The molecule has 31 heavy (non-hydrogen) atoms. The van der Waals surface area contributed by atoms with E-state index in [1.807, 2.05) is 0 Å². The first-order valence-corrected chi connectivity index (χ1v) is 12.0. The third-order valence-corrected chi connectivity index (χ3v) is 7.82. The lowest BCUT2D eigenvalue weighted by molar-refractivity contribution is -0.119. The molecule has 1 aliphatic heterocycles. The van der Waals surface area contributed by atoms with Gasteiger partial charge >= 0.3 is 5.97 Å². The highest BCUT2D eigenvalue weighted by molar-refractivity contribution is 8.01. The maximum Gasteiger partial charge on any atom is 0.337 e. The van der Waals surface area contributed by atoms with Crippen molar-refractivity contribution in [3.05, 3.63) is 48.0 Å². The van der Waals surface area contributed by atoms with E-state index >= 15 is 0 Å². The van der Waals surface area contributed by atoms with Crippen molar-refractivity contribution in [2.45, 2.75) is 28.9 Å². The Morgan fingerprint density at radius 3 is 2.52 bits per heavy atom. The Balaban J connectivity index is 1.68. The van der Waals surface area contributed by atoms with Crippen molar-refractivity contribution in [3.63, 3.8) is 0 Å². The SMILES string of the molecule is COC(=O)c1ccc(NC(=O)[C@@H](C)CS(=O)(=O)c2ccc3c(c2)NC(=O)[C@@H](C)S3)cc1. The van der Waals surface area contributed by atoms with Crippen molar-refractivity contribution < 1.29 is 27.5 Å². The second kappa shape index (κ2) is 9.11. The van der Waals surface area contributed by atoms with Crippen LogP contribution in [0.3, 0.4) is 0 Å². The van der Waals surface area contributed by atoms with Gasteiger partial charge in [-0.2, -0.15) is 0 Å². The molecule has 2 N–H and O–H groups in total. The third kappa shape index (κ3) is 5.26. The second-order valence-corrected chi connectivity index (χ2v) is 10.6. The predicted octanol–water partition coefficient (Wildman–Crippen LogP) is 2.95. The lowest BCUT2D eigenvalue weighted by Gasteiger charge is -2.22. The first kappa shape index (κ1) is 22.8. The summed E-state index contributed by atoms with van der Waals surface area (Å²) in [5.41, 5.74) is 1.23. The topological polar surface area (TPSA) is 119 Å². The molecule has 2 atom stereocenters. The zero-order chi connectivity index (χ0) is 22.8. The number of hydrogen-bond donors (Lipinski definition) is 2. The summed E-state index contributed by atoms with van der Waals surface area (Å²) < 4.78 is 30.3. The standard InChI is InChI=1S/C21H22N2O6S2/c1-12(19(24)22-15-6-4-14(5-7-15)21(26)29-3)11-31(27,28)16-8-9-18-17(10-16)23-20(25)13(2)30-18/h4-10,12-13H,11H2,1-3H3,(H,22,24)(H,23,25)/t12-,13+/m0/s1. The summed E-state index contributed by atoms with van der Waals surface area (Å²) in [5.74, 6) is -2.37. The Morgan fingerprint density at radius 2 is 1.87 bits per heavy atom. The number of anilines is 2. The quantitative estimate of drug-likeness (QED) is 0.634. The molecule has 0 spiro atoms. The summed E-state index contributed by atoms with van der Waals surface area (Å²) in [6.45, 7) is 3.30. The van der Waals surface area contributed by atoms with Crippen LogP contribution in [0.15, 0.2) is 52.3 Å². The number of carbonyl (C=O) groups is 3. The highest BCUT2D eigenvalue weighted by Crippen LogP contribution is 2.37. The molecule has 0 saturated heterocycles. The highest BCUT2D eigenvalue weighted by Gasteiger charge is 2.27. The number of amides is 2. The normalized spacial score (nSPS) is 16.6. The van der Waals surface area contributed by atoms with E-state index < -0.39 is 33.4 Å². The minimum Gasteiger partial charge on any atom is -0.465 e. The maximum atomic E-state index is 12.8. The first-order valence-electron chi connectivity index (χ1n) is 9.44. The molecular weight excluding hydrogens is 440 g/mol.